The molecule has 1 heteroatoms. The van der Waals surface area contributed by atoms with Crippen molar-refractivity contribution in [2.24, 2.45) is 0 Å². The molecule has 0 N–H and O–H groups in total. The van der Waals surface area contributed by atoms with Crippen LogP contribution in [-0.2, 0) is 10.8 Å². The van der Waals surface area contributed by atoms with Gasteiger partial charge in [-0.2, -0.15) is 0 Å². The molecule has 0 atom stereocenters. The highest BCUT2D eigenvalue weighted by molar-refractivity contribution is 6.26. The van der Waals surface area contributed by atoms with Crippen molar-refractivity contribution < 1.29 is 0 Å². The molecule has 0 unspecified atom stereocenters. The van der Waals surface area contributed by atoms with Crippen LogP contribution in [0.3, 0.4) is 0 Å². The van der Waals surface area contributed by atoms with Gasteiger partial charge < -0.3 is 4.90 Å². The van der Waals surface area contributed by atoms with Crippen molar-refractivity contribution >= 4 is 49.4 Å². The molecule has 0 saturated heterocycles. The van der Waals surface area contributed by atoms with Gasteiger partial charge in [0.15, 0.2) is 0 Å². The minimum Gasteiger partial charge on any atom is -0.310 e. The number of rotatable bonds is 5. The Morgan fingerprint density at radius 1 is 0.268 bits per heavy atom. The highest BCUT2D eigenvalue weighted by atomic mass is 15.1. The molecule has 71 heavy (non-hydrogen) atoms. The minimum absolute atomic E-state index is 0.282. The van der Waals surface area contributed by atoms with Gasteiger partial charge in [0, 0.05) is 16.7 Å². The molecule has 0 radical (unpaired) electrons. The molecule has 3 aliphatic rings. The number of anilines is 3. The van der Waals surface area contributed by atoms with E-state index in [-0.39, 0.29) is 5.41 Å². The summed E-state index contributed by atoms with van der Waals surface area (Å²) in [5, 5.41) is 7.58. The molecule has 0 aromatic heterocycles. The molecular weight excluding hydrogens is 855 g/mol. The van der Waals surface area contributed by atoms with Crippen LogP contribution in [0.5, 0.6) is 0 Å². The van der Waals surface area contributed by atoms with Gasteiger partial charge in [0.05, 0.1) is 16.8 Å². The predicted octanol–water partition coefficient (Wildman–Crippen LogP) is 18.6. The summed E-state index contributed by atoms with van der Waals surface area (Å²) in [5.74, 6) is 0. The second-order valence-electron chi connectivity index (χ2n) is 20.3. The second-order valence-corrected chi connectivity index (χ2v) is 20.3. The Morgan fingerprint density at radius 3 is 1.32 bits per heavy atom. The fraction of sp³-hybridized carbons (Fsp3) is 0.0571. The number of hydrogen-bond donors (Lipinski definition) is 0. The standard InChI is InChI=1S/C70H47N/c1-69(2)61-30-14-10-27-55(61)57-29-18-34-66(68(57)69)71(47-39-40-52-50-23-7-6-21-48(50)49-22-8-9-24-51(49)59(52)41-47)67-43-65-60(42-58(67)46-37-35-45(36-38-46)44-19-4-3-5-20-44)56-28-13-17-33-64(56)70(65)62-31-15-11-25-53(62)54-26-12-16-32-63(54)70/h3-43H,1-2H3. The van der Waals surface area contributed by atoms with Crippen molar-refractivity contribution in [2.75, 3.05) is 4.90 Å². The Labute approximate surface area is 414 Å². The third kappa shape index (κ3) is 5.46. The lowest BCUT2D eigenvalue weighted by Gasteiger charge is -2.35. The van der Waals surface area contributed by atoms with Gasteiger partial charge in [0.1, 0.15) is 0 Å². The third-order valence-corrected chi connectivity index (χ3v) is 16.4. The maximum absolute atomic E-state index is 2.64. The number of fused-ring (bicyclic) bond motifs is 19. The minimum atomic E-state index is -0.526. The zero-order valence-corrected chi connectivity index (χ0v) is 39.6. The molecule has 0 fully saturated rings. The molecule has 12 aromatic rings. The van der Waals surface area contributed by atoms with Crippen LogP contribution in [-0.4, -0.2) is 0 Å². The zero-order chi connectivity index (χ0) is 47.0. The monoisotopic (exact) mass is 901 g/mol. The van der Waals surface area contributed by atoms with E-state index in [2.05, 4.69) is 267 Å². The molecule has 0 bridgehead atoms. The van der Waals surface area contributed by atoms with E-state index in [0.717, 1.165) is 11.4 Å². The summed E-state index contributed by atoms with van der Waals surface area (Å²) in [6.45, 7) is 4.84. The molecule has 1 nitrogen and oxygen atoms in total. The van der Waals surface area contributed by atoms with Gasteiger partial charge in [0.25, 0.3) is 0 Å². The van der Waals surface area contributed by atoms with Gasteiger partial charge in [0.2, 0.25) is 0 Å². The topological polar surface area (TPSA) is 3.24 Å². The van der Waals surface area contributed by atoms with Gasteiger partial charge in [-0.25, -0.2) is 0 Å². The second kappa shape index (κ2) is 14.9. The normalized spacial score (nSPS) is 14.0. The van der Waals surface area contributed by atoms with Crippen LogP contribution in [0.1, 0.15) is 47.2 Å². The summed E-state index contributed by atoms with van der Waals surface area (Å²) in [5.41, 5.74) is 23.2. The summed E-state index contributed by atoms with van der Waals surface area (Å²) < 4.78 is 0. The van der Waals surface area contributed by atoms with E-state index < -0.39 is 5.41 Å². The summed E-state index contributed by atoms with van der Waals surface area (Å²) >= 11 is 0. The first-order valence-electron chi connectivity index (χ1n) is 25.0. The quantitative estimate of drug-likeness (QED) is 0.156. The Balaban J connectivity index is 1.09. The van der Waals surface area contributed by atoms with E-state index in [0.29, 0.717) is 0 Å². The fourth-order valence-corrected chi connectivity index (χ4v) is 13.5. The van der Waals surface area contributed by atoms with Crippen molar-refractivity contribution in [3.8, 4) is 55.6 Å². The first kappa shape index (κ1) is 40.1. The molecule has 15 rings (SSSR count). The van der Waals surface area contributed by atoms with Crippen molar-refractivity contribution in [1.29, 1.82) is 0 Å². The van der Waals surface area contributed by atoms with Crippen molar-refractivity contribution in [3.63, 3.8) is 0 Å². The lowest BCUT2D eigenvalue weighted by Crippen LogP contribution is -2.26. The van der Waals surface area contributed by atoms with Crippen LogP contribution in [0.4, 0.5) is 17.1 Å². The van der Waals surface area contributed by atoms with E-state index >= 15 is 0 Å². The van der Waals surface area contributed by atoms with Crippen LogP contribution < -0.4 is 4.90 Å². The van der Waals surface area contributed by atoms with Gasteiger partial charge >= 0.3 is 0 Å². The molecule has 1 spiro atoms. The Kier molecular flexibility index (Phi) is 8.40. The summed E-state index contributed by atoms with van der Waals surface area (Å²) in [7, 11) is 0. The summed E-state index contributed by atoms with van der Waals surface area (Å²) in [6, 6.07) is 93.9. The van der Waals surface area contributed by atoms with Crippen LogP contribution in [0.2, 0.25) is 0 Å². The molecule has 332 valence electrons. The Bertz CT molecular complexity index is 4110. The van der Waals surface area contributed by atoms with Crippen LogP contribution >= 0.6 is 0 Å². The lowest BCUT2D eigenvalue weighted by molar-refractivity contribution is 0.661. The van der Waals surface area contributed by atoms with Gasteiger partial charge in [-0.15, -0.1) is 0 Å². The molecular formula is C70H47N. The smallest absolute Gasteiger partial charge is 0.0726 e. The predicted molar refractivity (Wildman–Crippen MR) is 298 cm³/mol. The van der Waals surface area contributed by atoms with E-state index in [4.69, 9.17) is 0 Å². The molecule has 0 heterocycles. The maximum Gasteiger partial charge on any atom is 0.0726 e. The van der Waals surface area contributed by atoms with Gasteiger partial charge in [-0.3, -0.25) is 0 Å². The summed E-state index contributed by atoms with van der Waals surface area (Å²) in [6.07, 6.45) is 0. The zero-order valence-electron chi connectivity index (χ0n) is 39.6. The maximum atomic E-state index is 2.64. The molecule has 0 saturated carbocycles. The number of hydrogen-bond acceptors (Lipinski definition) is 1. The van der Waals surface area contributed by atoms with Crippen LogP contribution in [0, 0.1) is 0 Å². The Hall–Kier alpha value is -8.78. The third-order valence-electron chi connectivity index (χ3n) is 16.4. The van der Waals surface area contributed by atoms with Crippen molar-refractivity contribution in [1.82, 2.24) is 0 Å². The lowest BCUT2D eigenvalue weighted by atomic mass is 9.70. The Morgan fingerprint density at radius 2 is 0.718 bits per heavy atom. The fourth-order valence-electron chi connectivity index (χ4n) is 13.5. The van der Waals surface area contributed by atoms with Crippen molar-refractivity contribution in [3.05, 3.63) is 282 Å². The molecule has 12 aromatic carbocycles. The van der Waals surface area contributed by atoms with E-state index in [1.165, 1.54) is 127 Å². The van der Waals surface area contributed by atoms with E-state index in [9.17, 15) is 0 Å². The molecule has 0 amide bonds. The van der Waals surface area contributed by atoms with Crippen LogP contribution in [0.25, 0.3) is 88.0 Å². The largest absolute Gasteiger partial charge is 0.310 e. The average molecular weight is 902 g/mol. The van der Waals surface area contributed by atoms with Crippen LogP contribution in [0.15, 0.2) is 249 Å². The highest BCUT2D eigenvalue weighted by Gasteiger charge is 2.52. The van der Waals surface area contributed by atoms with Gasteiger partial charge in [-0.05, 0) is 146 Å². The van der Waals surface area contributed by atoms with E-state index in [1.54, 1.807) is 0 Å². The molecule has 3 aliphatic carbocycles. The summed E-state index contributed by atoms with van der Waals surface area (Å²) in [4.78, 5) is 2.64. The first-order chi connectivity index (χ1) is 35.0. The number of nitrogens with zero attached hydrogens (tertiary/aromatic N) is 1. The molecule has 0 aliphatic heterocycles. The van der Waals surface area contributed by atoms with Gasteiger partial charge in [-0.1, -0.05) is 232 Å². The van der Waals surface area contributed by atoms with Crippen molar-refractivity contribution in [2.45, 2.75) is 24.7 Å². The first-order valence-corrected chi connectivity index (χ1v) is 25.0. The highest BCUT2D eigenvalue weighted by Crippen LogP contribution is 2.65. The average Bonchev–Trinajstić information content (AvgIpc) is 3.99. The number of benzene rings is 12. The SMILES string of the molecule is CC1(C)c2ccccc2-c2cccc(N(c3ccc4c5ccccc5c5ccccc5c4c3)c3cc4c(cc3-c3ccc(-c5ccccc5)cc3)-c3ccccc3C43c4ccccc4-c4ccccc43)c21. The van der Waals surface area contributed by atoms with E-state index in [1.807, 2.05) is 0 Å².